The third-order valence-electron chi connectivity index (χ3n) is 6.77. The first-order valence-electron chi connectivity index (χ1n) is 11.3. The molecule has 2 aromatic heterocycles. The van der Waals surface area contributed by atoms with Crippen molar-refractivity contribution in [1.82, 2.24) is 24.2 Å². The molecule has 0 fully saturated rings. The quantitative estimate of drug-likeness (QED) is 0.524. The van der Waals surface area contributed by atoms with Crippen LogP contribution in [0.25, 0.3) is 11.0 Å². The minimum absolute atomic E-state index is 0.0344. The molecule has 2 heterocycles. The fraction of sp³-hybridized carbons (Fsp3) is 0.346. The molecular weight excluding hydrogens is 414 g/mol. The molecule has 1 aliphatic carbocycles. The molecule has 1 aliphatic rings. The summed E-state index contributed by atoms with van der Waals surface area (Å²) in [5.74, 6) is -0.141. The van der Waals surface area contributed by atoms with Crippen LogP contribution in [0.3, 0.4) is 0 Å². The highest BCUT2D eigenvalue weighted by Crippen LogP contribution is 2.41. The highest BCUT2D eigenvalue weighted by Gasteiger charge is 2.36. The van der Waals surface area contributed by atoms with Gasteiger partial charge in [-0.25, -0.2) is 4.79 Å². The van der Waals surface area contributed by atoms with Gasteiger partial charge < -0.3 is 5.32 Å². The molecule has 0 aliphatic heterocycles. The van der Waals surface area contributed by atoms with Crippen molar-refractivity contribution in [2.75, 3.05) is 0 Å². The second-order valence-corrected chi connectivity index (χ2v) is 9.87. The summed E-state index contributed by atoms with van der Waals surface area (Å²) in [6.07, 6.45) is 3.66. The minimum atomic E-state index is -0.141. The number of benzene rings is 2. The van der Waals surface area contributed by atoms with E-state index in [2.05, 4.69) is 41.1 Å². The van der Waals surface area contributed by atoms with Gasteiger partial charge in [0.15, 0.2) is 0 Å². The molecule has 0 saturated heterocycles. The zero-order valence-electron chi connectivity index (χ0n) is 19.5. The first-order chi connectivity index (χ1) is 15.7. The molecule has 33 heavy (non-hydrogen) atoms. The molecule has 1 atom stereocenters. The fourth-order valence-electron chi connectivity index (χ4n) is 5.01. The van der Waals surface area contributed by atoms with Crippen LogP contribution in [0.4, 0.5) is 0 Å². The minimum Gasteiger partial charge on any atom is -0.345 e. The van der Waals surface area contributed by atoms with Crippen LogP contribution in [0.1, 0.15) is 53.5 Å². The van der Waals surface area contributed by atoms with E-state index in [0.29, 0.717) is 12.1 Å². The van der Waals surface area contributed by atoms with Crippen LogP contribution in [0.5, 0.6) is 0 Å². The Bertz CT molecular complexity index is 1410. The van der Waals surface area contributed by atoms with Crippen molar-refractivity contribution in [2.24, 2.45) is 19.5 Å². The van der Waals surface area contributed by atoms with Crippen LogP contribution in [-0.4, -0.2) is 24.8 Å². The van der Waals surface area contributed by atoms with E-state index >= 15 is 0 Å². The zero-order valence-corrected chi connectivity index (χ0v) is 19.5. The molecule has 0 bridgehead atoms. The summed E-state index contributed by atoms with van der Waals surface area (Å²) in [6, 6.07) is 15.6. The van der Waals surface area contributed by atoms with Crippen molar-refractivity contribution in [2.45, 2.75) is 39.3 Å². The number of carbonyl (C=O) groups excluding carboxylic acids is 1. The molecule has 5 rings (SSSR count). The Labute approximate surface area is 192 Å². The van der Waals surface area contributed by atoms with Crippen LogP contribution in [0.2, 0.25) is 0 Å². The monoisotopic (exact) mass is 443 g/mol. The summed E-state index contributed by atoms with van der Waals surface area (Å²) < 4.78 is 5.23. The van der Waals surface area contributed by atoms with Crippen LogP contribution < -0.4 is 11.0 Å². The largest absolute Gasteiger partial charge is 0.345 e. The smallest absolute Gasteiger partial charge is 0.328 e. The van der Waals surface area contributed by atoms with Crippen molar-refractivity contribution < 1.29 is 4.79 Å². The molecule has 2 aromatic carbocycles. The summed E-state index contributed by atoms with van der Waals surface area (Å²) >= 11 is 0. The van der Waals surface area contributed by atoms with E-state index in [9.17, 15) is 9.59 Å². The second-order valence-electron chi connectivity index (χ2n) is 9.87. The maximum atomic E-state index is 13.2. The van der Waals surface area contributed by atoms with Gasteiger partial charge in [0.1, 0.15) is 0 Å². The molecule has 0 radical (unpaired) electrons. The number of hydrogen-bond donors (Lipinski definition) is 1. The van der Waals surface area contributed by atoms with E-state index < -0.39 is 0 Å². The van der Waals surface area contributed by atoms with Crippen LogP contribution in [0, 0.1) is 5.41 Å². The van der Waals surface area contributed by atoms with Crippen LogP contribution in [-0.2, 0) is 27.1 Å². The number of aromatic nitrogens is 4. The van der Waals surface area contributed by atoms with E-state index in [1.165, 1.54) is 11.3 Å². The number of carbonyl (C=O) groups is 1. The normalized spacial score (nSPS) is 17.2. The summed E-state index contributed by atoms with van der Waals surface area (Å²) in [4.78, 5) is 25.5. The van der Waals surface area contributed by atoms with E-state index in [-0.39, 0.29) is 23.1 Å². The Balaban J connectivity index is 1.44. The lowest BCUT2D eigenvalue weighted by molar-refractivity contribution is 0.0919. The number of nitrogens with zero attached hydrogens (tertiary/aromatic N) is 4. The topological polar surface area (TPSA) is 73.8 Å². The number of hydrogen-bond acceptors (Lipinski definition) is 3. The van der Waals surface area contributed by atoms with E-state index in [1.54, 1.807) is 35.4 Å². The van der Waals surface area contributed by atoms with Gasteiger partial charge in [0.05, 0.1) is 29.8 Å². The van der Waals surface area contributed by atoms with Crippen molar-refractivity contribution >= 4 is 16.9 Å². The van der Waals surface area contributed by atoms with Crippen molar-refractivity contribution in [3.05, 3.63) is 87.6 Å². The van der Waals surface area contributed by atoms with E-state index in [4.69, 9.17) is 0 Å². The van der Waals surface area contributed by atoms with Gasteiger partial charge in [-0.3, -0.25) is 18.6 Å². The van der Waals surface area contributed by atoms with Gasteiger partial charge in [0.2, 0.25) is 0 Å². The maximum absolute atomic E-state index is 13.2. The number of imidazole rings is 1. The average molecular weight is 444 g/mol. The van der Waals surface area contributed by atoms with Gasteiger partial charge in [-0.1, -0.05) is 44.2 Å². The SMILES string of the molecule is Cn1c(=O)n(C)c2cc(C(=O)NC3CC(C)(C)Cc4c3cnn4Cc3ccccc3)ccc21. The zero-order chi connectivity index (χ0) is 23.3. The van der Waals surface area contributed by atoms with Gasteiger partial charge in [-0.05, 0) is 42.0 Å². The van der Waals surface area contributed by atoms with Crippen LogP contribution in [0.15, 0.2) is 59.5 Å². The number of nitrogens with one attached hydrogen (secondary N) is 1. The first-order valence-corrected chi connectivity index (χ1v) is 11.3. The van der Waals surface area contributed by atoms with Gasteiger partial charge in [0.25, 0.3) is 5.91 Å². The number of rotatable bonds is 4. The Morgan fingerprint density at radius 2 is 1.82 bits per heavy atom. The molecule has 1 unspecified atom stereocenters. The molecule has 170 valence electrons. The second kappa shape index (κ2) is 7.76. The molecule has 0 saturated carbocycles. The summed E-state index contributed by atoms with van der Waals surface area (Å²) in [5, 5.41) is 7.92. The Morgan fingerprint density at radius 3 is 2.58 bits per heavy atom. The third kappa shape index (κ3) is 3.77. The van der Waals surface area contributed by atoms with Crippen molar-refractivity contribution in [1.29, 1.82) is 0 Å². The predicted octanol–water partition coefficient (Wildman–Crippen LogP) is 3.57. The molecule has 7 nitrogen and oxygen atoms in total. The molecule has 4 aromatic rings. The lowest BCUT2D eigenvalue weighted by Crippen LogP contribution is -2.37. The number of amides is 1. The summed E-state index contributed by atoms with van der Waals surface area (Å²) in [7, 11) is 3.46. The standard InChI is InChI=1S/C26H29N5O2/c1-26(2)13-20(19-15-27-31(23(19)14-26)16-17-8-6-5-7-9-17)28-24(32)18-10-11-21-22(12-18)30(4)25(33)29(21)3/h5-12,15,20H,13-14,16H2,1-4H3,(H,28,32). The predicted molar refractivity (Wildman–Crippen MR) is 128 cm³/mol. The molecular formula is C26H29N5O2. The highest BCUT2D eigenvalue weighted by atomic mass is 16.2. The van der Waals surface area contributed by atoms with Crippen molar-refractivity contribution in [3.63, 3.8) is 0 Å². The van der Waals surface area contributed by atoms with E-state index in [0.717, 1.165) is 29.4 Å². The fourth-order valence-corrected chi connectivity index (χ4v) is 5.01. The van der Waals surface area contributed by atoms with Gasteiger partial charge in [0, 0.05) is 30.9 Å². The van der Waals surface area contributed by atoms with Crippen LogP contribution >= 0.6 is 0 Å². The first kappa shape index (κ1) is 21.2. The lowest BCUT2D eigenvalue weighted by atomic mass is 9.74. The van der Waals surface area contributed by atoms with Gasteiger partial charge in [-0.2, -0.15) is 5.10 Å². The van der Waals surface area contributed by atoms with Gasteiger partial charge >= 0.3 is 5.69 Å². The van der Waals surface area contributed by atoms with Gasteiger partial charge in [-0.15, -0.1) is 0 Å². The highest BCUT2D eigenvalue weighted by molar-refractivity contribution is 5.97. The van der Waals surface area contributed by atoms with Crippen molar-refractivity contribution in [3.8, 4) is 0 Å². The Kier molecular flexibility index (Phi) is 5.00. The Hall–Kier alpha value is -3.61. The average Bonchev–Trinajstić information content (AvgIpc) is 3.27. The number of aryl methyl sites for hydroxylation is 2. The molecule has 1 amide bonds. The third-order valence-corrected chi connectivity index (χ3v) is 6.77. The number of fused-ring (bicyclic) bond motifs is 2. The molecule has 7 heteroatoms. The Morgan fingerprint density at radius 1 is 1.09 bits per heavy atom. The molecule has 1 N–H and O–H groups in total. The maximum Gasteiger partial charge on any atom is 0.328 e. The summed E-state index contributed by atoms with van der Waals surface area (Å²) in [5.41, 5.74) is 5.50. The van der Waals surface area contributed by atoms with E-state index in [1.807, 2.05) is 30.5 Å². The summed E-state index contributed by atoms with van der Waals surface area (Å²) in [6.45, 7) is 5.19. The lowest BCUT2D eigenvalue weighted by Gasteiger charge is -2.36. The molecule has 0 spiro atoms.